The number of carbonyl (C=O) groups is 1. The molecule has 2 unspecified atom stereocenters. The van der Waals surface area contributed by atoms with E-state index in [0.717, 1.165) is 24.3 Å². The van der Waals surface area contributed by atoms with Gasteiger partial charge in [0.15, 0.2) is 0 Å². The van der Waals surface area contributed by atoms with Gasteiger partial charge in [0.05, 0.1) is 5.92 Å². The highest BCUT2D eigenvalue weighted by Gasteiger charge is 2.27. The Hall–Kier alpha value is -3.19. The summed E-state index contributed by atoms with van der Waals surface area (Å²) >= 11 is 5.93. The first-order valence-electron chi connectivity index (χ1n) is 10.1. The molecule has 1 amide bonds. The Morgan fingerprint density at radius 1 is 1.16 bits per heavy atom. The van der Waals surface area contributed by atoms with E-state index in [9.17, 15) is 9.18 Å². The zero-order chi connectivity index (χ0) is 21.8. The quantitative estimate of drug-likeness (QED) is 0.591. The fraction of sp³-hybridized carbons (Fsp3) is 0.261. The molecular weight excluding hydrogens is 417 g/mol. The molecule has 2 heterocycles. The molecule has 0 radical (unpaired) electrons. The summed E-state index contributed by atoms with van der Waals surface area (Å²) in [6.07, 6.45) is 2.52. The van der Waals surface area contributed by atoms with E-state index in [0.29, 0.717) is 23.2 Å². The van der Waals surface area contributed by atoms with Gasteiger partial charge in [-0.1, -0.05) is 23.7 Å². The van der Waals surface area contributed by atoms with Gasteiger partial charge in [-0.25, -0.2) is 9.37 Å². The SMILES string of the molecule is CC(C(=O)NC1CCN(c2ccnc(Nc3ccc(F)cc3)n2)C1)c1ccc(Cl)cc1. The molecule has 1 fully saturated rings. The Labute approximate surface area is 185 Å². The molecule has 2 aromatic carbocycles. The van der Waals surface area contributed by atoms with E-state index in [1.54, 1.807) is 30.5 Å². The Bertz CT molecular complexity index is 1040. The van der Waals surface area contributed by atoms with Crippen LogP contribution < -0.4 is 15.5 Å². The van der Waals surface area contributed by atoms with E-state index in [4.69, 9.17) is 11.6 Å². The zero-order valence-electron chi connectivity index (χ0n) is 17.1. The molecular formula is C23H23ClFN5O. The van der Waals surface area contributed by atoms with Crippen molar-refractivity contribution in [1.82, 2.24) is 15.3 Å². The third-order valence-corrected chi connectivity index (χ3v) is 5.62. The third kappa shape index (κ3) is 5.30. The van der Waals surface area contributed by atoms with Gasteiger partial charge in [0, 0.05) is 36.0 Å². The number of nitrogens with zero attached hydrogens (tertiary/aromatic N) is 3. The van der Waals surface area contributed by atoms with Crippen molar-refractivity contribution in [2.24, 2.45) is 0 Å². The molecule has 0 spiro atoms. The predicted octanol–water partition coefficient (Wildman–Crippen LogP) is 4.51. The van der Waals surface area contributed by atoms with E-state index < -0.39 is 0 Å². The van der Waals surface area contributed by atoms with Crippen molar-refractivity contribution in [3.05, 3.63) is 77.2 Å². The van der Waals surface area contributed by atoms with Crippen molar-refractivity contribution in [1.29, 1.82) is 0 Å². The van der Waals surface area contributed by atoms with Gasteiger partial charge >= 0.3 is 0 Å². The summed E-state index contributed by atoms with van der Waals surface area (Å²) in [5.41, 5.74) is 1.64. The van der Waals surface area contributed by atoms with Crippen LogP contribution in [0, 0.1) is 5.82 Å². The maximum atomic E-state index is 13.1. The van der Waals surface area contributed by atoms with E-state index in [1.165, 1.54) is 12.1 Å². The van der Waals surface area contributed by atoms with Crippen LogP contribution in [0.25, 0.3) is 0 Å². The maximum Gasteiger partial charge on any atom is 0.229 e. The molecule has 1 aromatic heterocycles. The number of nitrogens with one attached hydrogen (secondary N) is 2. The van der Waals surface area contributed by atoms with E-state index in [2.05, 4.69) is 25.5 Å². The predicted molar refractivity (Wildman–Crippen MR) is 120 cm³/mol. The number of amides is 1. The van der Waals surface area contributed by atoms with Gasteiger partial charge in [-0.15, -0.1) is 0 Å². The highest BCUT2D eigenvalue weighted by Crippen LogP contribution is 2.22. The standard InChI is InChI=1S/C23H23ClFN5O/c1-15(16-2-4-17(24)5-3-16)22(31)27-20-11-13-30(14-20)21-10-12-26-23(29-21)28-19-8-6-18(25)7-9-19/h2-10,12,15,20H,11,13-14H2,1H3,(H,27,31)(H,26,28,29). The average Bonchev–Trinajstić information content (AvgIpc) is 3.24. The van der Waals surface area contributed by atoms with Crippen LogP contribution in [0.5, 0.6) is 0 Å². The van der Waals surface area contributed by atoms with E-state index >= 15 is 0 Å². The molecule has 160 valence electrons. The maximum absolute atomic E-state index is 13.1. The second kappa shape index (κ2) is 9.31. The van der Waals surface area contributed by atoms with Gasteiger partial charge in [0.1, 0.15) is 11.6 Å². The summed E-state index contributed by atoms with van der Waals surface area (Å²) in [5.74, 6) is 0.665. The van der Waals surface area contributed by atoms with Gasteiger partial charge in [-0.05, 0) is 61.4 Å². The minimum absolute atomic E-state index is 0.00414. The summed E-state index contributed by atoms with van der Waals surface area (Å²) in [7, 11) is 0. The van der Waals surface area contributed by atoms with Crippen LogP contribution in [0.1, 0.15) is 24.8 Å². The Morgan fingerprint density at radius 2 is 1.90 bits per heavy atom. The number of halogens is 2. The Morgan fingerprint density at radius 3 is 2.65 bits per heavy atom. The summed E-state index contributed by atoms with van der Waals surface area (Å²) in [5, 5.41) is 6.88. The molecule has 0 aliphatic carbocycles. The molecule has 0 saturated carbocycles. The van der Waals surface area contributed by atoms with Crippen molar-refractivity contribution in [3.8, 4) is 0 Å². The Kier molecular flexibility index (Phi) is 6.32. The third-order valence-electron chi connectivity index (χ3n) is 5.36. The molecule has 3 aromatic rings. The van der Waals surface area contributed by atoms with Gasteiger partial charge in [-0.3, -0.25) is 4.79 Å². The lowest BCUT2D eigenvalue weighted by atomic mass is 10.00. The molecule has 8 heteroatoms. The van der Waals surface area contributed by atoms with Gasteiger partial charge in [-0.2, -0.15) is 4.98 Å². The number of carbonyl (C=O) groups excluding carboxylic acids is 1. The molecule has 2 N–H and O–H groups in total. The molecule has 31 heavy (non-hydrogen) atoms. The minimum atomic E-state index is -0.296. The molecule has 1 saturated heterocycles. The number of anilines is 3. The molecule has 4 rings (SSSR count). The van der Waals surface area contributed by atoms with Crippen molar-refractivity contribution in [3.63, 3.8) is 0 Å². The molecule has 1 aliphatic heterocycles. The normalized spacial score (nSPS) is 16.7. The molecule has 2 atom stereocenters. The summed E-state index contributed by atoms with van der Waals surface area (Å²) < 4.78 is 13.1. The van der Waals surface area contributed by atoms with Gasteiger partial charge in [0.25, 0.3) is 0 Å². The summed E-state index contributed by atoms with van der Waals surface area (Å²) in [6, 6.07) is 15.3. The molecule has 6 nitrogen and oxygen atoms in total. The largest absolute Gasteiger partial charge is 0.354 e. The fourth-order valence-corrected chi connectivity index (χ4v) is 3.69. The van der Waals surface area contributed by atoms with Crippen LogP contribution in [0.4, 0.5) is 21.8 Å². The number of hydrogen-bond acceptors (Lipinski definition) is 5. The first kappa shape index (κ1) is 21.1. The second-order valence-electron chi connectivity index (χ2n) is 7.58. The summed E-state index contributed by atoms with van der Waals surface area (Å²) in [6.45, 7) is 3.35. The van der Waals surface area contributed by atoms with Crippen molar-refractivity contribution < 1.29 is 9.18 Å². The van der Waals surface area contributed by atoms with Crippen LogP contribution >= 0.6 is 11.6 Å². The second-order valence-corrected chi connectivity index (χ2v) is 8.02. The first-order chi connectivity index (χ1) is 15.0. The highest BCUT2D eigenvalue weighted by atomic mass is 35.5. The average molecular weight is 440 g/mol. The van der Waals surface area contributed by atoms with Gasteiger partial charge in [0.2, 0.25) is 11.9 Å². The van der Waals surface area contributed by atoms with Crippen molar-refractivity contribution >= 4 is 35.0 Å². The van der Waals surface area contributed by atoms with E-state index in [1.807, 2.05) is 25.1 Å². The first-order valence-corrected chi connectivity index (χ1v) is 10.5. The van der Waals surface area contributed by atoms with Crippen LogP contribution in [-0.4, -0.2) is 35.0 Å². The lowest BCUT2D eigenvalue weighted by Crippen LogP contribution is -2.39. The van der Waals surface area contributed by atoms with Gasteiger partial charge < -0.3 is 15.5 Å². The minimum Gasteiger partial charge on any atom is -0.354 e. The Balaban J connectivity index is 1.35. The lowest BCUT2D eigenvalue weighted by molar-refractivity contribution is -0.122. The van der Waals surface area contributed by atoms with Crippen molar-refractivity contribution in [2.45, 2.75) is 25.3 Å². The van der Waals surface area contributed by atoms with Crippen LogP contribution in [0.2, 0.25) is 5.02 Å². The number of aromatic nitrogens is 2. The highest BCUT2D eigenvalue weighted by molar-refractivity contribution is 6.30. The zero-order valence-corrected chi connectivity index (χ0v) is 17.8. The number of rotatable bonds is 6. The van der Waals surface area contributed by atoms with Crippen molar-refractivity contribution in [2.75, 3.05) is 23.3 Å². The fourth-order valence-electron chi connectivity index (χ4n) is 3.56. The van der Waals surface area contributed by atoms with Crippen LogP contribution in [-0.2, 0) is 4.79 Å². The molecule has 0 bridgehead atoms. The lowest BCUT2D eigenvalue weighted by Gasteiger charge is -2.20. The smallest absolute Gasteiger partial charge is 0.229 e. The number of benzene rings is 2. The van der Waals surface area contributed by atoms with Crippen LogP contribution in [0.15, 0.2) is 60.8 Å². The van der Waals surface area contributed by atoms with Crippen LogP contribution in [0.3, 0.4) is 0 Å². The molecule has 1 aliphatic rings. The topological polar surface area (TPSA) is 70.2 Å². The monoisotopic (exact) mass is 439 g/mol. The number of hydrogen-bond donors (Lipinski definition) is 2. The summed E-state index contributed by atoms with van der Waals surface area (Å²) in [4.78, 5) is 23.6. The van der Waals surface area contributed by atoms with E-state index in [-0.39, 0.29) is 23.7 Å².